The van der Waals surface area contributed by atoms with Gasteiger partial charge in [0.25, 0.3) is 5.91 Å². The second kappa shape index (κ2) is 5.22. The van der Waals surface area contributed by atoms with Crippen molar-refractivity contribution in [1.29, 1.82) is 0 Å². The van der Waals surface area contributed by atoms with Crippen molar-refractivity contribution < 1.29 is 9.18 Å². The third kappa shape index (κ3) is 2.62. The normalized spacial score (nSPS) is 10.8. The maximum atomic E-state index is 13.3. The van der Waals surface area contributed by atoms with Crippen LogP contribution in [-0.2, 0) is 0 Å². The average Bonchev–Trinajstić information content (AvgIpc) is 2.76. The molecule has 1 amide bonds. The van der Waals surface area contributed by atoms with Crippen LogP contribution in [0.4, 0.5) is 10.1 Å². The number of H-pyrrole nitrogens is 1. The zero-order valence-corrected chi connectivity index (χ0v) is 12.0. The highest BCUT2D eigenvalue weighted by Gasteiger charge is 2.15. The Morgan fingerprint density at radius 3 is 2.81 bits per heavy atom. The first-order valence-corrected chi connectivity index (χ1v) is 6.77. The van der Waals surface area contributed by atoms with E-state index in [9.17, 15) is 9.18 Å². The van der Waals surface area contributed by atoms with Gasteiger partial charge in [0.05, 0.1) is 0 Å². The number of aromatic amines is 1. The Morgan fingerprint density at radius 1 is 1.24 bits per heavy atom. The number of rotatable bonds is 2. The van der Waals surface area contributed by atoms with Crippen LogP contribution in [0.3, 0.4) is 0 Å². The molecule has 0 fully saturated rings. The SMILES string of the molecule is Cc1c(C(=O)Nc2cccc(Cl)c2)[nH]c2ccc(F)cc12. The number of benzene rings is 2. The van der Waals surface area contributed by atoms with E-state index in [0.29, 0.717) is 27.4 Å². The number of nitrogens with one attached hydrogen (secondary N) is 2. The maximum Gasteiger partial charge on any atom is 0.272 e. The fraction of sp³-hybridized carbons (Fsp3) is 0.0625. The Labute approximate surface area is 125 Å². The highest BCUT2D eigenvalue weighted by atomic mass is 35.5. The van der Waals surface area contributed by atoms with E-state index in [1.165, 1.54) is 12.1 Å². The molecule has 3 aromatic rings. The van der Waals surface area contributed by atoms with Gasteiger partial charge in [-0.3, -0.25) is 4.79 Å². The van der Waals surface area contributed by atoms with Gasteiger partial charge in [0.15, 0.2) is 0 Å². The van der Waals surface area contributed by atoms with Crippen molar-refractivity contribution in [3.05, 3.63) is 64.6 Å². The van der Waals surface area contributed by atoms with Crippen molar-refractivity contribution in [2.75, 3.05) is 5.32 Å². The molecule has 21 heavy (non-hydrogen) atoms. The van der Waals surface area contributed by atoms with Crippen LogP contribution in [0, 0.1) is 12.7 Å². The summed E-state index contributed by atoms with van der Waals surface area (Å²) in [6.45, 7) is 1.78. The quantitative estimate of drug-likeness (QED) is 0.718. The third-order valence-corrected chi connectivity index (χ3v) is 3.56. The summed E-state index contributed by atoms with van der Waals surface area (Å²) in [4.78, 5) is 15.3. The summed E-state index contributed by atoms with van der Waals surface area (Å²) in [5, 5.41) is 4.01. The summed E-state index contributed by atoms with van der Waals surface area (Å²) in [5.41, 5.74) is 2.46. The van der Waals surface area contributed by atoms with Crippen LogP contribution in [0.2, 0.25) is 5.02 Å². The van der Waals surface area contributed by atoms with Crippen LogP contribution in [0.1, 0.15) is 16.1 Å². The lowest BCUT2D eigenvalue weighted by Crippen LogP contribution is -2.13. The minimum atomic E-state index is -0.327. The summed E-state index contributed by atoms with van der Waals surface area (Å²) >= 11 is 5.89. The monoisotopic (exact) mass is 302 g/mol. The molecule has 3 nitrogen and oxygen atoms in total. The van der Waals surface area contributed by atoms with Gasteiger partial charge in [0.1, 0.15) is 11.5 Å². The van der Waals surface area contributed by atoms with Gasteiger partial charge < -0.3 is 10.3 Å². The Hall–Kier alpha value is -2.33. The number of hydrogen-bond donors (Lipinski definition) is 2. The molecule has 0 radical (unpaired) electrons. The van der Waals surface area contributed by atoms with Gasteiger partial charge in [-0.05, 0) is 48.9 Å². The van der Waals surface area contributed by atoms with Crippen LogP contribution in [0.15, 0.2) is 42.5 Å². The number of amides is 1. The van der Waals surface area contributed by atoms with E-state index in [4.69, 9.17) is 11.6 Å². The molecule has 5 heteroatoms. The smallest absolute Gasteiger partial charge is 0.272 e. The number of anilines is 1. The minimum Gasteiger partial charge on any atom is -0.350 e. The lowest BCUT2D eigenvalue weighted by molar-refractivity contribution is 0.102. The van der Waals surface area contributed by atoms with Gasteiger partial charge in [-0.1, -0.05) is 17.7 Å². The number of carbonyl (C=O) groups excluding carboxylic acids is 1. The first kappa shape index (κ1) is 13.6. The molecule has 0 unspecified atom stereocenters. The summed E-state index contributed by atoms with van der Waals surface area (Å²) in [5.74, 6) is -0.613. The molecule has 1 heterocycles. The maximum absolute atomic E-state index is 13.3. The lowest BCUT2D eigenvalue weighted by Gasteiger charge is -2.05. The zero-order valence-electron chi connectivity index (χ0n) is 11.2. The number of aromatic nitrogens is 1. The first-order chi connectivity index (χ1) is 10.0. The molecular weight excluding hydrogens is 291 g/mol. The summed E-state index contributed by atoms with van der Waals surface area (Å²) in [6.07, 6.45) is 0. The molecule has 0 atom stereocenters. The molecular formula is C16H12ClFN2O. The number of fused-ring (bicyclic) bond motifs is 1. The minimum absolute atomic E-state index is 0.286. The van der Waals surface area contributed by atoms with Gasteiger partial charge in [-0.25, -0.2) is 4.39 Å². The van der Waals surface area contributed by atoms with Crippen LogP contribution >= 0.6 is 11.6 Å². The van der Waals surface area contributed by atoms with E-state index in [1.54, 1.807) is 37.3 Å². The standard InChI is InChI=1S/C16H12ClFN2O/c1-9-13-8-11(18)5-6-14(13)20-15(9)16(21)19-12-4-2-3-10(17)7-12/h2-8,20H,1H3,(H,19,21). The fourth-order valence-electron chi connectivity index (χ4n) is 2.29. The Balaban J connectivity index is 1.96. The number of halogens is 2. The molecule has 0 saturated heterocycles. The first-order valence-electron chi connectivity index (χ1n) is 6.39. The van der Waals surface area contributed by atoms with Gasteiger partial charge in [0.2, 0.25) is 0 Å². The molecule has 3 rings (SSSR count). The number of carbonyl (C=O) groups is 1. The molecule has 0 aliphatic rings. The van der Waals surface area contributed by atoms with Crippen LogP contribution < -0.4 is 5.32 Å². The molecule has 0 aliphatic heterocycles. The van der Waals surface area contributed by atoms with Crippen molar-refractivity contribution in [3.8, 4) is 0 Å². The largest absolute Gasteiger partial charge is 0.350 e. The summed E-state index contributed by atoms with van der Waals surface area (Å²) < 4.78 is 13.3. The second-order valence-electron chi connectivity index (χ2n) is 4.78. The van der Waals surface area contributed by atoms with Gasteiger partial charge in [-0.2, -0.15) is 0 Å². The Morgan fingerprint density at radius 2 is 2.05 bits per heavy atom. The predicted octanol–water partition coefficient (Wildman–Crippen LogP) is 4.52. The predicted molar refractivity (Wildman–Crippen MR) is 82.4 cm³/mol. The number of aryl methyl sites for hydroxylation is 1. The van der Waals surface area contributed by atoms with E-state index >= 15 is 0 Å². The Bertz CT molecular complexity index is 841. The zero-order chi connectivity index (χ0) is 15.0. The topological polar surface area (TPSA) is 44.9 Å². The molecule has 106 valence electrons. The fourth-order valence-corrected chi connectivity index (χ4v) is 2.48. The van der Waals surface area contributed by atoms with Crippen LogP contribution in [0.25, 0.3) is 10.9 Å². The highest BCUT2D eigenvalue weighted by Crippen LogP contribution is 2.24. The van der Waals surface area contributed by atoms with Crippen molar-refractivity contribution in [1.82, 2.24) is 4.98 Å². The number of hydrogen-bond acceptors (Lipinski definition) is 1. The van der Waals surface area contributed by atoms with E-state index in [0.717, 1.165) is 5.52 Å². The second-order valence-corrected chi connectivity index (χ2v) is 5.22. The molecule has 0 spiro atoms. The summed E-state index contributed by atoms with van der Waals surface area (Å²) in [6, 6.07) is 11.3. The third-order valence-electron chi connectivity index (χ3n) is 3.33. The van der Waals surface area contributed by atoms with Gasteiger partial charge in [0, 0.05) is 21.6 Å². The lowest BCUT2D eigenvalue weighted by atomic mass is 10.1. The van der Waals surface area contributed by atoms with E-state index < -0.39 is 0 Å². The Kier molecular flexibility index (Phi) is 3.39. The van der Waals surface area contributed by atoms with Crippen molar-refractivity contribution in [2.24, 2.45) is 0 Å². The average molecular weight is 303 g/mol. The highest BCUT2D eigenvalue weighted by molar-refractivity contribution is 6.31. The van der Waals surface area contributed by atoms with Gasteiger partial charge in [-0.15, -0.1) is 0 Å². The van der Waals surface area contributed by atoms with Crippen LogP contribution in [-0.4, -0.2) is 10.9 Å². The molecule has 2 aromatic carbocycles. The van der Waals surface area contributed by atoms with Crippen molar-refractivity contribution in [2.45, 2.75) is 6.92 Å². The molecule has 0 bridgehead atoms. The molecule has 1 aromatic heterocycles. The molecule has 0 saturated carbocycles. The van der Waals surface area contributed by atoms with Crippen molar-refractivity contribution in [3.63, 3.8) is 0 Å². The molecule has 2 N–H and O–H groups in total. The van der Waals surface area contributed by atoms with Gasteiger partial charge >= 0.3 is 0 Å². The van der Waals surface area contributed by atoms with E-state index in [1.807, 2.05) is 0 Å². The van der Waals surface area contributed by atoms with E-state index in [2.05, 4.69) is 10.3 Å². The van der Waals surface area contributed by atoms with Crippen LogP contribution in [0.5, 0.6) is 0 Å². The van der Waals surface area contributed by atoms with E-state index in [-0.39, 0.29) is 11.7 Å². The molecule has 0 aliphatic carbocycles. The van der Waals surface area contributed by atoms with Crippen molar-refractivity contribution >= 4 is 34.1 Å². The summed E-state index contributed by atoms with van der Waals surface area (Å²) in [7, 11) is 0.